The molecule has 3 aliphatic heterocycles. The number of ether oxygens (including phenoxy) is 1. The van der Waals surface area contributed by atoms with Gasteiger partial charge in [-0.25, -0.2) is 0 Å². The van der Waals surface area contributed by atoms with Crippen LogP contribution in [0, 0.1) is 0 Å². The minimum atomic E-state index is 0.0365. The SMILES string of the molecule is CC12CCCCC1(C)N1c3ccc(-c4ccccc4)c4c3N(c3ccccc3O4)c3cccc2c31. The first-order valence-electron chi connectivity index (χ1n) is 12.8. The Balaban J connectivity index is 1.50. The summed E-state index contributed by atoms with van der Waals surface area (Å²) in [4.78, 5) is 5.16. The van der Waals surface area contributed by atoms with E-state index < -0.39 is 0 Å². The molecule has 0 aromatic heterocycles. The second-order valence-corrected chi connectivity index (χ2v) is 10.9. The van der Waals surface area contributed by atoms with Gasteiger partial charge in [-0.3, -0.25) is 4.90 Å². The van der Waals surface area contributed by atoms with E-state index in [0.717, 1.165) is 22.7 Å². The molecule has 0 amide bonds. The van der Waals surface area contributed by atoms with Crippen molar-refractivity contribution >= 4 is 28.4 Å². The van der Waals surface area contributed by atoms with Crippen LogP contribution in [0.3, 0.4) is 0 Å². The van der Waals surface area contributed by atoms with Gasteiger partial charge in [-0.05, 0) is 61.2 Å². The zero-order valence-corrected chi connectivity index (χ0v) is 20.2. The van der Waals surface area contributed by atoms with Gasteiger partial charge in [0.05, 0.1) is 28.3 Å². The van der Waals surface area contributed by atoms with E-state index in [0.29, 0.717) is 0 Å². The van der Waals surface area contributed by atoms with Gasteiger partial charge in [-0.2, -0.15) is 0 Å². The monoisotopic (exact) mass is 456 g/mol. The topological polar surface area (TPSA) is 15.7 Å². The minimum absolute atomic E-state index is 0.0365. The van der Waals surface area contributed by atoms with Crippen molar-refractivity contribution in [3.05, 3.63) is 90.5 Å². The van der Waals surface area contributed by atoms with Crippen molar-refractivity contribution < 1.29 is 4.74 Å². The molecule has 0 radical (unpaired) electrons. The Hall–Kier alpha value is -3.72. The third-order valence-electron chi connectivity index (χ3n) is 9.32. The molecule has 3 heteroatoms. The predicted octanol–water partition coefficient (Wildman–Crippen LogP) is 8.98. The molecular formula is C32H28N2O. The van der Waals surface area contributed by atoms with E-state index in [1.165, 1.54) is 59.6 Å². The van der Waals surface area contributed by atoms with Crippen molar-refractivity contribution in [1.29, 1.82) is 0 Å². The zero-order valence-electron chi connectivity index (χ0n) is 20.2. The van der Waals surface area contributed by atoms with E-state index >= 15 is 0 Å². The molecule has 0 N–H and O–H groups in total. The van der Waals surface area contributed by atoms with Crippen LogP contribution < -0.4 is 14.5 Å². The van der Waals surface area contributed by atoms with Crippen LogP contribution in [-0.2, 0) is 5.41 Å². The van der Waals surface area contributed by atoms with E-state index in [1.54, 1.807) is 0 Å². The van der Waals surface area contributed by atoms with Crippen molar-refractivity contribution in [1.82, 2.24) is 0 Å². The van der Waals surface area contributed by atoms with Crippen molar-refractivity contribution in [2.24, 2.45) is 0 Å². The van der Waals surface area contributed by atoms with Crippen LogP contribution >= 0.6 is 0 Å². The van der Waals surface area contributed by atoms with E-state index in [4.69, 9.17) is 4.74 Å². The molecule has 0 saturated heterocycles. The van der Waals surface area contributed by atoms with Crippen LogP contribution in [0.1, 0.15) is 45.1 Å². The lowest BCUT2D eigenvalue weighted by molar-refractivity contribution is 0.195. The van der Waals surface area contributed by atoms with E-state index in [9.17, 15) is 0 Å². The molecule has 0 spiro atoms. The number of rotatable bonds is 1. The Kier molecular flexibility index (Phi) is 3.63. The number of nitrogens with zero attached hydrogens (tertiary/aromatic N) is 2. The van der Waals surface area contributed by atoms with E-state index in [-0.39, 0.29) is 11.0 Å². The molecule has 3 nitrogen and oxygen atoms in total. The van der Waals surface area contributed by atoms with Crippen molar-refractivity contribution in [2.45, 2.75) is 50.5 Å². The Labute approximate surface area is 206 Å². The summed E-state index contributed by atoms with van der Waals surface area (Å²) >= 11 is 0. The molecule has 1 aliphatic carbocycles. The van der Waals surface area contributed by atoms with Crippen LogP contribution in [0.25, 0.3) is 11.1 Å². The number of anilines is 5. The second-order valence-electron chi connectivity index (χ2n) is 10.9. The fourth-order valence-electron chi connectivity index (χ4n) is 7.42. The Bertz CT molecular complexity index is 1530. The van der Waals surface area contributed by atoms with Gasteiger partial charge in [0.25, 0.3) is 0 Å². The number of benzene rings is 4. The standard InChI is InChI=1S/C32H28N2O/c1-31-19-8-9-20-32(31,2)34-26-18-17-22(21-11-4-3-5-12-21)30-29(26)33(24-14-6-7-16-27(24)35-30)25-15-10-13-23(31)28(25)34/h3-7,10-18H,8-9,19-20H2,1-2H3. The third-order valence-corrected chi connectivity index (χ3v) is 9.32. The Morgan fingerprint density at radius 2 is 1.46 bits per heavy atom. The molecule has 1 saturated carbocycles. The van der Waals surface area contributed by atoms with E-state index in [2.05, 4.69) is 109 Å². The Morgan fingerprint density at radius 3 is 2.34 bits per heavy atom. The van der Waals surface area contributed by atoms with Crippen LogP contribution in [-0.4, -0.2) is 5.54 Å². The second kappa shape index (κ2) is 6.48. The highest BCUT2D eigenvalue weighted by molar-refractivity contribution is 6.07. The highest BCUT2D eigenvalue weighted by Crippen LogP contribution is 2.70. The smallest absolute Gasteiger partial charge is 0.161 e. The number of hydrogen-bond acceptors (Lipinski definition) is 3. The summed E-state index contributed by atoms with van der Waals surface area (Å²) in [5, 5.41) is 0. The van der Waals surface area contributed by atoms with Gasteiger partial charge >= 0.3 is 0 Å². The fourth-order valence-corrected chi connectivity index (χ4v) is 7.42. The predicted molar refractivity (Wildman–Crippen MR) is 143 cm³/mol. The summed E-state index contributed by atoms with van der Waals surface area (Å²) < 4.78 is 6.76. The molecule has 0 bridgehead atoms. The number of hydrogen-bond donors (Lipinski definition) is 0. The van der Waals surface area contributed by atoms with Crippen molar-refractivity contribution in [3.63, 3.8) is 0 Å². The van der Waals surface area contributed by atoms with Gasteiger partial charge < -0.3 is 9.64 Å². The van der Waals surface area contributed by atoms with Gasteiger partial charge in [0.1, 0.15) is 5.69 Å². The maximum absolute atomic E-state index is 6.76. The van der Waals surface area contributed by atoms with Crippen LogP contribution in [0.5, 0.6) is 11.5 Å². The molecule has 8 rings (SSSR count). The molecule has 2 unspecified atom stereocenters. The van der Waals surface area contributed by atoms with Gasteiger partial charge in [-0.15, -0.1) is 0 Å². The van der Waals surface area contributed by atoms with Gasteiger partial charge in [-0.1, -0.05) is 74.4 Å². The normalized spacial score (nSPS) is 24.7. The van der Waals surface area contributed by atoms with Crippen molar-refractivity contribution in [3.8, 4) is 22.6 Å². The zero-order chi connectivity index (χ0) is 23.4. The summed E-state index contributed by atoms with van der Waals surface area (Å²) in [6, 6.07) is 30.7. The summed E-state index contributed by atoms with van der Waals surface area (Å²) in [7, 11) is 0. The van der Waals surface area contributed by atoms with Crippen molar-refractivity contribution in [2.75, 3.05) is 9.80 Å². The molecule has 2 atom stereocenters. The highest BCUT2D eigenvalue weighted by Gasteiger charge is 2.60. The average Bonchev–Trinajstić information content (AvgIpc) is 3.11. The largest absolute Gasteiger partial charge is 0.452 e. The summed E-state index contributed by atoms with van der Waals surface area (Å²) in [6.07, 6.45) is 5.00. The quantitative estimate of drug-likeness (QED) is 0.250. The lowest BCUT2D eigenvalue weighted by Gasteiger charge is -2.52. The molecule has 4 aromatic rings. The lowest BCUT2D eigenvalue weighted by Crippen LogP contribution is -2.55. The van der Waals surface area contributed by atoms with Gasteiger partial charge in [0.15, 0.2) is 11.5 Å². The maximum Gasteiger partial charge on any atom is 0.161 e. The fraction of sp³-hybridized carbons (Fsp3) is 0.250. The maximum atomic E-state index is 6.76. The Morgan fingerprint density at radius 1 is 0.686 bits per heavy atom. The number of fused-ring (bicyclic) bond motifs is 7. The first-order valence-corrected chi connectivity index (χ1v) is 12.8. The molecule has 1 fully saturated rings. The summed E-state index contributed by atoms with van der Waals surface area (Å²) in [6.45, 7) is 5.01. The van der Waals surface area contributed by atoms with Crippen LogP contribution in [0.15, 0.2) is 84.9 Å². The van der Waals surface area contributed by atoms with Crippen LogP contribution in [0.4, 0.5) is 28.4 Å². The average molecular weight is 457 g/mol. The summed E-state index contributed by atoms with van der Waals surface area (Å²) in [5.41, 5.74) is 10.2. The first-order chi connectivity index (χ1) is 17.1. The lowest BCUT2D eigenvalue weighted by atomic mass is 9.61. The summed E-state index contributed by atoms with van der Waals surface area (Å²) in [5.74, 6) is 1.87. The molecular weight excluding hydrogens is 428 g/mol. The first kappa shape index (κ1) is 19.6. The molecule has 35 heavy (non-hydrogen) atoms. The van der Waals surface area contributed by atoms with Crippen LogP contribution in [0.2, 0.25) is 0 Å². The molecule has 4 aromatic carbocycles. The number of para-hydroxylation sites is 3. The molecule has 3 heterocycles. The minimum Gasteiger partial charge on any atom is -0.452 e. The molecule has 4 aliphatic rings. The van der Waals surface area contributed by atoms with E-state index in [1.807, 2.05) is 0 Å². The third kappa shape index (κ3) is 2.23. The van der Waals surface area contributed by atoms with Gasteiger partial charge in [0.2, 0.25) is 0 Å². The molecule has 172 valence electrons. The highest BCUT2D eigenvalue weighted by atomic mass is 16.5. The van der Waals surface area contributed by atoms with Gasteiger partial charge in [0, 0.05) is 11.0 Å².